The maximum atomic E-state index is 12.0. The van der Waals surface area contributed by atoms with E-state index >= 15 is 0 Å². The number of carbonyl (C=O) groups excluding carboxylic acids is 1. The zero-order chi connectivity index (χ0) is 15.5. The molecular weight excluding hydrogens is 290 g/mol. The van der Waals surface area contributed by atoms with E-state index in [0.29, 0.717) is 18.5 Å². The van der Waals surface area contributed by atoms with Crippen molar-refractivity contribution in [3.63, 3.8) is 0 Å². The summed E-state index contributed by atoms with van der Waals surface area (Å²) in [6.07, 6.45) is 2.75. The summed E-state index contributed by atoms with van der Waals surface area (Å²) in [4.78, 5) is 11.9. The Bertz CT molecular complexity index is 592. The second-order valence-corrected chi connectivity index (χ2v) is 7.20. The third-order valence-corrected chi connectivity index (χ3v) is 4.71. The van der Waals surface area contributed by atoms with E-state index in [1.54, 1.807) is 12.1 Å². The molecule has 4 N–H and O–H groups in total. The lowest BCUT2D eigenvalue weighted by Gasteiger charge is -2.09. The van der Waals surface area contributed by atoms with Gasteiger partial charge in [-0.25, -0.2) is 13.1 Å². The lowest BCUT2D eigenvalue weighted by atomic mass is 10.2. The molecule has 0 heterocycles. The number of nitrogens with two attached hydrogens (primary N) is 1. The van der Waals surface area contributed by atoms with Crippen LogP contribution in [0.2, 0.25) is 0 Å². The molecule has 0 bridgehead atoms. The Morgan fingerprint density at radius 1 is 1.33 bits per heavy atom. The third kappa shape index (κ3) is 5.11. The van der Waals surface area contributed by atoms with Crippen molar-refractivity contribution in [2.75, 3.05) is 5.32 Å². The molecule has 2 rings (SSSR count). The molecule has 0 aliphatic heterocycles. The van der Waals surface area contributed by atoms with Gasteiger partial charge in [-0.05, 0) is 50.5 Å². The molecule has 0 aromatic heterocycles. The van der Waals surface area contributed by atoms with Crippen molar-refractivity contribution >= 4 is 21.6 Å². The third-order valence-electron chi connectivity index (χ3n) is 3.17. The van der Waals surface area contributed by atoms with E-state index in [4.69, 9.17) is 5.73 Å². The Labute approximate surface area is 125 Å². The molecule has 1 saturated carbocycles. The fourth-order valence-corrected chi connectivity index (χ4v) is 3.09. The Kier molecular flexibility index (Phi) is 4.97. The first-order valence-electron chi connectivity index (χ1n) is 7.04. The second-order valence-electron chi connectivity index (χ2n) is 5.48. The lowest BCUT2D eigenvalue weighted by molar-refractivity contribution is -0.116. The number of amides is 1. The zero-order valence-electron chi connectivity index (χ0n) is 12.0. The van der Waals surface area contributed by atoms with E-state index in [2.05, 4.69) is 10.0 Å². The summed E-state index contributed by atoms with van der Waals surface area (Å²) in [5.41, 5.74) is 6.17. The second kappa shape index (κ2) is 6.55. The van der Waals surface area contributed by atoms with Gasteiger partial charge in [-0.1, -0.05) is 0 Å². The number of anilines is 1. The molecule has 6 nitrogen and oxygen atoms in total. The van der Waals surface area contributed by atoms with E-state index in [9.17, 15) is 13.2 Å². The smallest absolute Gasteiger partial charge is 0.240 e. The molecule has 1 unspecified atom stereocenters. The maximum Gasteiger partial charge on any atom is 0.240 e. The quantitative estimate of drug-likeness (QED) is 0.704. The van der Waals surface area contributed by atoms with Crippen LogP contribution in [-0.2, 0) is 14.8 Å². The molecule has 21 heavy (non-hydrogen) atoms. The summed E-state index contributed by atoms with van der Waals surface area (Å²) < 4.78 is 26.6. The van der Waals surface area contributed by atoms with Crippen LogP contribution >= 0.6 is 0 Å². The fourth-order valence-electron chi connectivity index (χ4n) is 1.79. The average molecular weight is 311 g/mol. The summed E-state index contributed by atoms with van der Waals surface area (Å²) in [5.74, 6) is -0.126. The standard InChI is InChI=1S/C14H21N3O3S/c1-10(15)2-9-14(18)16-11-5-7-13(8-6-11)21(19,20)17-12-3-4-12/h5-8,10,12,17H,2-4,9,15H2,1H3,(H,16,18). The van der Waals surface area contributed by atoms with Gasteiger partial charge in [-0.3, -0.25) is 4.79 Å². The summed E-state index contributed by atoms with van der Waals surface area (Å²) >= 11 is 0. The highest BCUT2D eigenvalue weighted by molar-refractivity contribution is 7.89. The van der Waals surface area contributed by atoms with Crippen LogP contribution in [0.1, 0.15) is 32.6 Å². The van der Waals surface area contributed by atoms with Crippen molar-refractivity contribution in [1.82, 2.24) is 4.72 Å². The van der Waals surface area contributed by atoms with E-state index in [0.717, 1.165) is 12.8 Å². The summed E-state index contributed by atoms with van der Waals surface area (Å²) in [6.45, 7) is 1.85. The van der Waals surface area contributed by atoms with Crippen molar-refractivity contribution in [1.29, 1.82) is 0 Å². The average Bonchev–Trinajstić information content (AvgIpc) is 3.20. The van der Waals surface area contributed by atoms with Crippen molar-refractivity contribution in [3.8, 4) is 0 Å². The Morgan fingerprint density at radius 2 is 1.95 bits per heavy atom. The Balaban J connectivity index is 1.93. The van der Waals surface area contributed by atoms with Gasteiger partial charge in [0.05, 0.1) is 4.90 Å². The van der Waals surface area contributed by atoms with Gasteiger partial charge < -0.3 is 11.1 Å². The van der Waals surface area contributed by atoms with Crippen molar-refractivity contribution in [3.05, 3.63) is 24.3 Å². The van der Waals surface area contributed by atoms with Crippen LogP contribution in [0.25, 0.3) is 0 Å². The number of benzene rings is 1. The normalized spacial score (nSPS) is 16.5. The van der Waals surface area contributed by atoms with Gasteiger partial charge in [0.25, 0.3) is 0 Å². The van der Waals surface area contributed by atoms with Gasteiger partial charge in [0.2, 0.25) is 15.9 Å². The monoisotopic (exact) mass is 311 g/mol. The van der Waals surface area contributed by atoms with Gasteiger partial charge in [0.1, 0.15) is 0 Å². The van der Waals surface area contributed by atoms with Crippen LogP contribution in [0.4, 0.5) is 5.69 Å². The van der Waals surface area contributed by atoms with Gasteiger partial charge in [0, 0.05) is 24.2 Å². The summed E-state index contributed by atoms with van der Waals surface area (Å²) in [7, 11) is -3.44. The van der Waals surface area contributed by atoms with Crippen molar-refractivity contribution in [2.24, 2.45) is 5.73 Å². The van der Waals surface area contributed by atoms with Crippen LogP contribution in [0.15, 0.2) is 29.2 Å². The topological polar surface area (TPSA) is 101 Å². The first-order chi connectivity index (χ1) is 9.87. The first-order valence-corrected chi connectivity index (χ1v) is 8.53. The lowest BCUT2D eigenvalue weighted by Crippen LogP contribution is -2.25. The highest BCUT2D eigenvalue weighted by atomic mass is 32.2. The van der Waals surface area contributed by atoms with E-state index in [-0.39, 0.29) is 22.9 Å². The van der Waals surface area contributed by atoms with Crippen molar-refractivity contribution < 1.29 is 13.2 Å². The summed E-state index contributed by atoms with van der Waals surface area (Å²) in [6, 6.07) is 6.22. The summed E-state index contributed by atoms with van der Waals surface area (Å²) in [5, 5.41) is 2.72. The molecular formula is C14H21N3O3S. The number of sulfonamides is 1. The number of nitrogens with one attached hydrogen (secondary N) is 2. The SMILES string of the molecule is CC(N)CCC(=O)Nc1ccc(S(=O)(=O)NC2CC2)cc1. The van der Waals surface area contributed by atoms with Crippen LogP contribution < -0.4 is 15.8 Å². The highest BCUT2D eigenvalue weighted by Crippen LogP contribution is 2.22. The van der Waals surface area contributed by atoms with Crippen LogP contribution in [0.5, 0.6) is 0 Å². The van der Waals surface area contributed by atoms with E-state index < -0.39 is 10.0 Å². The minimum atomic E-state index is -3.44. The number of carbonyl (C=O) groups is 1. The number of hydrogen-bond acceptors (Lipinski definition) is 4. The van der Waals surface area contributed by atoms with Crippen molar-refractivity contribution in [2.45, 2.75) is 49.6 Å². The predicted octanol–water partition coefficient (Wildman–Crippen LogP) is 1.19. The molecule has 0 spiro atoms. The molecule has 1 aromatic rings. The zero-order valence-corrected chi connectivity index (χ0v) is 12.8. The molecule has 1 aliphatic carbocycles. The molecule has 1 amide bonds. The Hall–Kier alpha value is -1.44. The van der Waals surface area contributed by atoms with Gasteiger partial charge in [-0.15, -0.1) is 0 Å². The highest BCUT2D eigenvalue weighted by Gasteiger charge is 2.27. The fraction of sp³-hybridized carbons (Fsp3) is 0.500. The molecule has 1 aliphatic rings. The van der Waals surface area contributed by atoms with Gasteiger partial charge >= 0.3 is 0 Å². The van der Waals surface area contributed by atoms with Crippen LogP contribution in [0, 0.1) is 0 Å². The molecule has 116 valence electrons. The molecule has 1 fully saturated rings. The minimum absolute atomic E-state index is 0.0169. The van der Waals surface area contributed by atoms with E-state index in [1.807, 2.05) is 6.92 Å². The minimum Gasteiger partial charge on any atom is -0.328 e. The molecule has 7 heteroatoms. The molecule has 1 aromatic carbocycles. The van der Waals surface area contributed by atoms with Crippen LogP contribution in [-0.4, -0.2) is 26.4 Å². The Morgan fingerprint density at radius 3 is 2.48 bits per heavy atom. The van der Waals surface area contributed by atoms with Crippen LogP contribution in [0.3, 0.4) is 0 Å². The van der Waals surface area contributed by atoms with Gasteiger partial charge in [-0.2, -0.15) is 0 Å². The largest absolute Gasteiger partial charge is 0.328 e. The van der Waals surface area contributed by atoms with E-state index in [1.165, 1.54) is 12.1 Å². The van der Waals surface area contributed by atoms with Gasteiger partial charge in [0.15, 0.2) is 0 Å². The maximum absolute atomic E-state index is 12.0. The number of hydrogen-bond donors (Lipinski definition) is 3. The molecule has 0 radical (unpaired) electrons. The molecule has 0 saturated heterocycles. The molecule has 1 atom stereocenters. The number of rotatable bonds is 7. The predicted molar refractivity (Wildman–Crippen MR) is 81.3 cm³/mol. The first kappa shape index (κ1) is 15.9.